The van der Waals surface area contributed by atoms with Gasteiger partial charge < -0.3 is 9.47 Å². The highest BCUT2D eigenvalue weighted by Gasteiger charge is 2.30. The molecule has 0 saturated carbocycles. The first-order valence-corrected chi connectivity index (χ1v) is 8.36. The zero-order chi connectivity index (χ0) is 22.0. The second-order valence-electron chi connectivity index (χ2n) is 6.32. The van der Waals surface area contributed by atoms with Crippen molar-refractivity contribution in [3.8, 4) is 11.5 Å². The highest BCUT2D eigenvalue weighted by molar-refractivity contribution is 5.61. The number of fused-ring (bicyclic) bond motifs is 2. The summed E-state index contributed by atoms with van der Waals surface area (Å²) in [7, 11) is 0. The van der Waals surface area contributed by atoms with Gasteiger partial charge in [0.1, 0.15) is 11.6 Å². The Morgan fingerprint density at radius 2 is 1.53 bits per heavy atom. The Labute approximate surface area is 165 Å². The normalized spacial score (nSPS) is 16.5. The molecule has 0 saturated heterocycles. The molecule has 0 amide bonds. The molecule has 1 atom stereocenters. The molecule has 0 spiro atoms. The van der Waals surface area contributed by atoms with E-state index >= 15 is 0 Å². The molecule has 0 aromatic heterocycles. The van der Waals surface area contributed by atoms with E-state index in [-0.39, 0.29) is 48.0 Å². The first-order chi connectivity index (χ1) is 14.2. The van der Waals surface area contributed by atoms with E-state index in [0.717, 1.165) is 18.2 Å². The van der Waals surface area contributed by atoms with Crippen molar-refractivity contribution in [3.05, 3.63) is 84.6 Å². The standard InChI is InChI=1S/C9H7F2NO3.C9H5F2NO3/c2*10-6-1-5-2-7(12(13)14)4-15-9(5)8(11)3-6/h1,3,7H,2,4H2;1-3H,4H2. The van der Waals surface area contributed by atoms with Crippen molar-refractivity contribution in [3.63, 3.8) is 0 Å². The lowest BCUT2D eigenvalue weighted by molar-refractivity contribution is -0.525. The van der Waals surface area contributed by atoms with Crippen LogP contribution in [0.4, 0.5) is 17.6 Å². The van der Waals surface area contributed by atoms with Crippen LogP contribution in [0, 0.1) is 43.5 Å². The molecule has 0 aliphatic carbocycles. The second-order valence-corrected chi connectivity index (χ2v) is 6.32. The van der Waals surface area contributed by atoms with Gasteiger partial charge in [0, 0.05) is 40.7 Å². The summed E-state index contributed by atoms with van der Waals surface area (Å²) in [6.07, 6.45) is 1.10. The van der Waals surface area contributed by atoms with Crippen LogP contribution in [0.25, 0.3) is 6.08 Å². The van der Waals surface area contributed by atoms with Crippen molar-refractivity contribution in [1.82, 2.24) is 0 Å². The van der Waals surface area contributed by atoms with Crippen LogP contribution < -0.4 is 9.47 Å². The molecule has 0 bridgehead atoms. The Morgan fingerprint density at radius 3 is 2.17 bits per heavy atom. The van der Waals surface area contributed by atoms with Gasteiger partial charge in [-0.2, -0.15) is 0 Å². The number of nitro groups is 2. The van der Waals surface area contributed by atoms with E-state index in [9.17, 15) is 37.8 Å². The maximum Gasteiger partial charge on any atom is 0.284 e. The highest BCUT2D eigenvalue weighted by atomic mass is 19.1. The number of rotatable bonds is 2. The molecule has 158 valence electrons. The van der Waals surface area contributed by atoms with E-state index in [1.54, 1.807) is 0 Å². The summed E-state index contributed by atoms with van der Waals surface area (Å²) in [6.45, 7) is -0.495. The molecule has 8 nitrogen and oxygen atoms in total. The van der Waals surface area contributed by atoms with Crippen LogP contribution in [0.1, 0.15) is 11.1 Å². The van der Waals surface area contributed by atoms with Gasteiger partial charge in [-0.05, 0) is 12.1 Å². The summed E-state index contributed by atoms with van der Waals surface area (Å²) in [4.78, 5) is 19.7. The molecule has 0 radical (unpaired) electrons. The van der Waals surface area contributed by atoms with E-state index in [0.29, 0.717) is 12.1 Å². The fourth-order valence-electron chi connectivity index (χ4n) is 2.87. The zero-order valence-corrected chi connectivity index (χ0v) is 14.9. The fraction of sp³-hybridized carbons (Fsp3) is 0.222. The van der Waals surface area contributed by atoms with Crippen LogP contribution in [0.5, 0.6) is 11.5 Å². The minimum Gasteiger partial charge on any atom is -0.483 e. The van der Waals surface area contributed by atoms with Gasteiger partial charge in [0.25, 0.3) is 11.7 Å². The first kappa shape index (κ1) is 21.0. The molecule has 4 rings (SSSR count). The van der Waals surface area contributed by atoms with Crippen molar-refractivity contribution in [1.29, 1.82) is 0 Å². The van der Waals surface area contributed by atoms with Crippen molar-refractivity contribution >= 4 is 6.08 Å². The van der Waals surface area contributed by atoms with Gasteiger partial charge in [0.05, 0.1) is 4.92 Å². The molecule has 0 N–H and O–H groups in total. The lowest BCUT2D eigenvalue weighted by atomic mass is 10.0. The summed E-state index contributed by atoms with van der Waals surface area (Å²) in [5.74, 6) is -3.44. The fourth-order valence-corrected chi connectivity index (χ4v) is 2.87. The number of benzene rings is 2. The first-order valence-electron chi connectivity index (χ1n) is 8.36. The zero-order valence-electron chi connectivity index (χ0n) is 14.9. The number of nitrogens with zero attached hydrogens (tertiary/aromatic N) is 2. The predicted molar refractivity (Wildman–Crippen MR) is 93.2 cm³/mol. The van der Waals surface area contributed by atoms with Gasteiger partial charge in [-0.25, -0.2) is 17.6 Å². The van der Waals surface area contributed by atoms with Crippen LogP contribution in [-0.2, 0) is 6.42 Å². The lowest BCUT2D eigenvalue weighted by Gasteiger charge is -2.20. The predicted octanol–water partition coefficient (Wildman–Crippen LogP) is 3.52. The monoisotopic (exact) mass is 428 g/mol. The smallest absolute Gasteiger partial charge is 0.284 e. The SMILES string of the molecule is O=[N+]([O-])C1=Cc2cc(F)cc(F)c2OC1.O=[N+]([O-])C1COc2c(F)cc(F)cc2C1. The molecular weight excluding hydrogens is 416 g/mol. The quantitative estimate of drug-likeness (QED) is 0.412. The van der Waals surface area contributed by atoms with Gasteiger partial charge in [-0.1, -0.05) is 0 Å². The third-order valence-electron chi connectivity index (χ3n) is 4.22. The van der Waals surface area contributed by atoms with Crippen LogP contribution in [0.3, 0.4) is 0 Å². The minimum absolute atomic E-state index is 0.00296. The van der Waals surface area contributed by atoms with Crippen molar-refractivity contribution in [2.24, 2.45) is 0 Å². The molecule has 12 heteroatoms. The lowest BCUT2D eigenvalue weighted by Crippen LogP contribution is -2.33. The van der Waals surface area contributed by atoms with Crippen molar-refractivity contribution < 1.29 is 36.9 Å². The average molecular weight is 428 g/mol. The van der Waals surface area contributed by atoms with E-state index in [1.807, 2.05) is 0 Å². The van der Waals surface area contributed by atoms with E-state index < -0.39 is 39.2 Å². The van der Waals surface area contributed by atoms with Crippen LogP contribution in [-0.4, -0.2) is 29.1 Å². The Hall–Kier alpha value is -3.70. The van der Waals surface area contributed by atoms with Gasteiger partial charge in [0.15, 0.2) is 36.3 Å². The van der Waals surface area contributed by atoms with Crippen molar-refractivity contribution in [2.45, 2.75) is 12.5 Å². The maximum atomic E-state index is 13.1. The largest absolute Gasteiger partial charge is 0.483 e. The van der Waals surface area contributed by atoms with E-state index in [2.05, 4.69) is 0 Å². The van der Waals surface area contributed by atoms with Crippen LogP contribution in [0.2, 0.25) is 0 Å². The van der Waals surface area contributed by atoms with Gasteiger partial charge in [-0.15, -0.1) is 0 Å². The molecule has 2 heterocycles. The average Bonchev–Trinajstić information content (AvgIpc) is 2.67. The van der Waals surface area contributed by atoms with Crippen LogP contribution in [0.15, 0.2) is 30.0 Å². The molecule has 0 fully saturated rings. The van der Waals surface area contributed by atoms with Gasteiger partial charge >= 0.3 is 0 Å². The topological polar surface area (TPSA) is 105 Å². The number of ether oxygens (including phenoxy) is 2. The molecule has 2 aromatic rings. The summed E-state index contributed by atoms with van der Waals surface area (Å²) >= 11 is 0. The number of hydrogen-bond donors (Lipinski definition) is 0. The summed E-state index contributed by atoms with van der Waals surface area (Å²) in [5, 5.41) is 20.9. The Balaban J connectivity index is 0.000000171. The second kappa shape index (κ2) is 8.35. The molecule has 1 unspecified atom stereocenters. The van der Waals surface area contributed by atoms with Gasteiger partial charge in [0.2, 0.25) is 0 Å². The Kier molecular flexibility index (Phi) is 5.85. The third-order valence-corrected chi connectivity index (χ3v) is 4.22. The summed E-state index contributed by atoms with van der Waals surface area (Å²) in [5.41, 5.74) is 0.0263. The minimum atomic E-state index is -0.932. The molecule has 30 heavy (non-hydrogen) atoms. The van der Waals surface area contributed by atoms with Gasteiger partial charge in [-0.3, -0.25) is 20.2 Å². The molecule has 2 aliphatic rings. The maximum absolute atomic E-state index is 13.1. The molecule has 2 aliphatic heterocycles. The number of hydrogen-bond acceptors (Lipinski definition) is 6. The highest BCUT2D eigenvalue weighted by Crippen LogP contribution is 2.31. The Morgan fingerprint density at radius 1 is 0.900 bits per heavy atom. The third kappa shape index (κ3) is 4.47. The Bertz CT molecular complexity index is 1060. The summed E-state index contributed by atoms with van der Waals surface area (Å²) < 4.78 is 61.6. The van der Waals surface area contributed by atoms with E-state index in [4.69, 9.17) is 9.47 Å². The molecular formula is C18H12F4N2O6. The summed E-state index contributed by atoms with van der Waals surface area (Å²) in [6, 6.07) is 2.49. The number of halogens is 4. The van der Waals surface area contributed by atoms with Crippen molar-refractivity contribution in [2.75, 3.05) is 13.2 Å². The van der Waals surface area contributed by atoms with Crippen LogP contribution >= 0.6 is 0 Å². The molecule has 2 aromatic carbocycles. The van der Waals surface area contributed by atoms with E-state index in [1.165, 1.54) is 0 Å².